The van der Waals surface area contributed by atoms with Crippen LogP contribution in [0.3, 0.4) is 0 Å². The molecule has 31 heavy (non-hydrogen) atoms. The van der Waals surface area contributed by atoms with E-state index in [1.807, 2.05) is 24.3 Å². The summed E-state index contributed by atoms with van der Waals surface area (Å²) in [6, 6.07) is 18.1. The molecule has 0 saturated heterocycles. The molecule has 0 aliphatic rings. The Labute approximate surface area is 183 Å². The largest absolute Gasteiger partial charge is 0.478 e. The number of hydrogen-bond donors (Lipinski definition) is 2. The van der Waals surface area contributed by atoms with Gasteiger partial charge < -0.3 is 10.2 Å². The van der Waals surface area contributed by atoms with E-state index in [0.29, 0.717) is 17.0 Å². The lowest BCUT2D eigenvalue weighted by atomic mass is 9.83. The van der Waals surface area contributed by atoms with Crippen LogP contribution in [-0.4, -0.2) is 22.2 Å². The summed E-state index contributed by atoms with van der Waals surface area (Å²) in [6.45, 7) is 6.39. The first-order valence-corrected chi connectivity index (χ1v) is 10.6. The topological polar surface area (TPSA) is 74.6 Å². The van der Waals surface area contributed by atoms with Crippen molar-refractivity contribution in [2.45, 2.75) is 40.0 Å². The quantitative estimate of drug-likeness (QED) is 0.436. The summed E-state index contributed by atoms with van der Waals surface area (Å²) in [5, 5.41) is 19.7. The highest BCUT2D eigenvalue weighted by Crippen LogP contribution is 2.40. The molecule has 3 rings (SSSR count). The molecule has 0 radical (unpaired) electrons. The third kappa shape index (κ3) is 4.85. The fourth-order valence-corrected chi connectivity index (χ4v) is 4.15. The maximum atomic E-state index is 12.0. The van der Waals surface area contributed by atoms with Crippen LogP contribution < -0.4 is 0 Å². The number of carboxylic acids is 2. The van der Waals surface area contributed by atoms with Gasteiger partial charge in [0.05, 0.1) is 11.1 Å². The molecular formula is C27H28O4. The number of carbonyl (C=O) groups is 2. The SMILES string of the molecule is CCCc1cc(CC(C)C)cc(-c2ccccc2C(=O)O)c1-c1ccccc1C(=O)O. The highest BCUT2D eigenvalue weighted by atomic mass is 16.4. The summed E-state index contributed by atoms with van der Waals surface area (Å²) in [7, 11) is 0. The predicted molar refractivity (Wildman–Crippen MR) is 124 cm³/mol. The summed E-state index contributed by atoms with van der Waals surface area (Å²) in [4.78, 5) is 24.0. The summed E-state index contributed by atoms with van der Waals surface area (Å²) in [5.41, 5.74) is 5.40. The first kappa shape index (κ1) is 22.3. The number of hydrogen-bond acceptors (Lipinski definition) is 2. The molecule has 0 aliphatic heterocycles. The van der Waals surface area contributed by atoms with Gasteiger partial charge in [-0.2, -0.15) is 0 Å². The van der Waals surface area contributed by atoms with Crippen LogP contribution in [0, 0.1) is 5.92 Å². The first-order chi connectivity index (χ1) is 14.8. The molecule has 4 nitrogen and oxygen atoms in total. The van der Waals surface area contributed by atoms with Gasteiger partial charge in [0.25, 0.3) is 0 Å². The minimum Gasteiger partial charge on any atom is -0.478 e. The van der Waals surface area contributed by atoms with Crippen LogP contribution in [0.4, 0.5) is 0 Å². The van der Waals surface area contributed by atoms with E-state index in [1.165, 1.54) is 0 Å². The first-order valence-electron chi connectivity index (χ1n) is 10.6. The normalized spacial score (nSPS) is 11.0. The highest BCUT2D eigenvalue weighted by Gasteiger charge is 2.22. The van der Waals surface area contributed by atoms with E-state index in [1.54, 1.807) is 30.3 Å². The van der Waals surface area contributed by atoms with E-state index in [-0.39, 0.29) is 11.1 Å². The molecule has 3 aromatic carbocycles. The summed E-state index contributed by atoms with van der Waals surface area (Å²) >= 11 is 0. The Hall–Kier alpha value is -3.40. The molecule has 0 aliphatic carbocycles. The average molecular weight is 417 g/mol. The Balaban J connectivity index is 2.44. The Bertz CT molecular complexity index is 1110. The van der Waals surface area contributed by atoms with Crippen molar-refractivity contribution in [2.75, 3.05) is 0 Å². The Kier molecular flexibility index (Phi) is 6.91. The van der Waals surface area contributed by atoms with Gasteiger partial charge in [-0.05, 0) is 64.3 Å². The van der Waals surface area contributed by atoms with E-state index in [0.717, 1.165) is 41.5 Å². The molecule has 4 heteroatoms. The zero-order valence-electron chi connectivity index (χ0n) is 18.2. The van der Waals surface area contributed by atoms with Crippen molar-refractivity contribution in [3.63, 3.8) is 0 Å². The van der Waals surface area contributed by atoms with Gasteiger partial charge in [-0.25, -0.2) is 9.59 Å². The van der Waals surface area contributed by atoms with Crippen molar-refractivity contribution < 1.29 is 19.8 Å². The van der Waals surface area contributed by atoms with Crippen molar-refractivity contribution in [1.82, 2.24) is 0 Å². The zero-order chi connectivity index (χ0) is 22.5. The van der Waals surface area contributed by atoms with E-state index >= 15 is 0 Å². The molecular weight excluding hydrogens is 388 g/mol. The lowest BCUT2D eigenvalue weighted by Crippen LogP contribution is -2.06. The van der Waals surface area contributed by atoms with Gasteiger partial charge in [0.15, 0.2) is 0 Å². The molecule has 0 unspecified atom stereocenters. The van der Waals surface area contributed by atoms with Gasteiger partial charge in [-0.15, -0.1) is 0 Å². The zero-order valence-corrected chi connectivity index (χ0v) is 18.2. The van der Waals surface area contributed by atoms with Crippen LogP contribution in [0.2, 0.25) is 0 Å². The van der Waals surface area contributed by atoms with Crippen LogP contribution in [0.25, 0.3) is 22.3 Å². The maximum Gasteiger partial charge on any atom is 0.336 e. The number of rotatable bonds is 8. The van der Waals surface area contributed by atoms with Crippen molar-refractivity contribution in [3.05, 3.63) is 82.9 Å². The number of benzene rings is 3. The van der Waals surface area contributed by atoms with Gasteiger partial charge in [0.2, 0.25) is 0 Å². The minimum atomic E-state index is -1.00. The third-order valence-electron chi connectivity index (χ3n) is 5.32. The van der Waals surface area contributed by atoms with E-state index < -0.39 is 11.9 Å². The molecule has 160 valence electrons. The van der Waals surface area contributed by atoms with Gasteiger partial charge in [0, 0.05) is 0 Å². The number of carboxylic acid groups (broad SMARTS) is 2. The van der Waals surface area contributed by atoms with Gasteiger partial charge in [-0.3, -0.25) is 0 Å². The Morgan fingerprint density at radius 2 is 1.35 bits per heavy atom. The predicted octanol–water partition coefficient (Wildman–Crippen LogP) is 6.57. The van der Waals surface area contributed by atoms with Crippen LogP contribution in [0.1, 0.15) is 59.0 Å². The number of aromatic carboxylic acids is 2. The Morgan fingerprint density at radius 1 is 0.806 bits per heavy atom. The molecule has 0 spiro atoms. The molecule has 0 saturated carbocycles. The van der Waals surface area contributed by atoms with Crippen LogP contribution >= 0.6 is 0 Å². The van der Waals surface area contributed by atoms with Crippen molar-refractivity contribution in [1.29, 1.82) is 0 Å². The summed E-state index contributed by atoms with van der Waals surface area (Å²) in [6.07, 6.45) is 2.53. The molecule has 0 amide bonds. The fourth-order valence-electron chi connectivity index (χ4n) is 4.15. The average Bonchev–Trinajstić information content (AvgIpc) is 2.73. The molecule has 0 heterocycles. The molecule has 0 bridgehead atoms. The molecule has 0 fully saturated rings. The second-order valence-corrected chi connectivity index (χ2v) is 8.23. The molecule has 0 aromatic heterocycles. The smallest absolute Gasteiger partial charge is 0.336 e. The van der Waals surface area contributed by atoms with Crippen LogP contribution in [0.15, 0.2) is 60.7 Å². The van der Waals surface area contributed by atoms with Crippen LogP contribution in [0.5, 0.6) is 0 Å². The second kappa shape index (κ2) is 9.61. The molecule has 0 atom stereocenters. The van der Waals surface area contributed by atoms with Gasteiger partial charge >= 0.3 is 11.9 Å². The standard InChI is InChI=1S/C27H28O4/c1-4-9-19-15-18(14-17(2)3)16-24(20-10-5-7-12-22(20)26(28)29)25(19)21-11-6-8-13-23(21)27(30)31/h5-8,10-13,15-17H,4,9,14H2,1-3H3,(H,28,29)(H,30,31). The lowest BCUT2D eigenvalue weighted by Gasteiger charge is -2.21. The van der Waals surface area contributed by atoms with E-state index in [4.69, 9.17) is 0 Å². The van der Waals surface area contributed by atoms with E-state index in [9.17, 15) is 19.8 Å². The third-order valence-corrected chi connectivity index (χ3v) is 5.32. The van der Waals surface area contributed by atoms with E-state index in [2.05, 4.69) is 26.8 Å². The van der Waals surface area contributed by atoms with Crippen molar-refractivity contribution in [2.24, 2.45) is 5.92 Å². The van der Waals surface area contributed by atoms with Gasteiger partial charge in [0.1, 0.15) is 0 Å². The molecule has 2 N–H and O–H groups in total. The number of aryl methyl sites for hydroxylation is 1. The maximum absolute atomic E-state index is 12.0. The lowest BCUT2D eigenvalue weighted by molar-refractivity contribution is 0.0686. The van der Waals surface area contributed by atoms with Crippen molar-refractivity contribution >= 4 is 11.9 Å². The van der Waals surface area contributed by atoms with Crippen molar-refractivity contribution in [3.8, 4) is 22.3 Å². The van der Waals surface area contributed by atoms with Gasteiger partial charge in [-0.1, -0.05) is 75.7 Å². The minimum absolute atomic E-state index is 0.209. The summed E-state index contributed by atoms with van der Waals surface area (Å²) < 4.78 is 0. The summed E-state index contributed by atoms with van der Waals surface area (Å²) in [5.74, 6) is -1.56. The fraction of sp³-hybridized carbons (Fsp3) is 0.259. The monoisotopic (exact) mass is 416 g/mol. The van der Waals surface area contributed by atoms with Crippen LogP contribution in [-0.2, 0) is 12.8 Å². The highest BCUT2D eigenvalue weighted by molar-refractivity contribution is 6.03. The Morgan fingerprint density at radius 3 is 1.90 bits per heavy atom. The molecule has 3 aromatic rings. The second-order valence-electron chi connectivity index (χ2n) is 8.23.